The molecule has 0 aliphatic carbocycles. The first kappa shape index (κ1) is 12.6. The molecule has 4 nitrogen and oxygen atoms in total. The molecule has 4 heteroatoms. The zero-order valence-corrected chi connectivity index (χ0v) is 11.1. The van der Waals surface area contributed by atoms with Crippen molar-refractivity contribution in [2.45, 2.75) is 39.7 Å². The van der Waals surface area contributed by atoms with Gasteiger partial charge in [0.25, 0.3) is 0 Å². The number of rotatable bonds is 4. The van der Waals surface area contributed by atoms with Crippen molar-refractivity contribution in [1.29, 1.82) is 0 Å². The monoisotopic (exact) mass is 245 g/mol. The quantitative estimate of drug-likeness (QED) is 0.831. The molecule has 0 spiro atoms. The van der Waals surface area contributed by atoms with E-state index in [4.69, 9.17) is 0 Å². The van der Waals surface area contributed by atoms with Crippen LogP contribution in [0.5, 0.6) is 0 Å². The first-order chi connectivity index (χ1) is 8.67. The minimum atomic E-state index is -0.0625. The summed E-state index contributed by atoms with van der Waals surface area (Å²) < 4.78 is 3.18. The maximum Gasteiger partial charge on any atom is 0.350 e. The molecule has 18 heavy (non-hydrogen) atoms. The summed E-state index contributed by atoms with van der Waals surface area (Å²) in [6.45, 7) is 6.18. The van der Waals surface area contributed by atoms with E-state index >= 15 is 0 Å². The molecule has 0 amide bonds. The molecule has 1 heterocycles. The van der Waals surface area contributed by atoms with Crippen LogP contribution in [0.2, 0.25) is 0 Å². The van der Waals surface area contributed by atoms with Gasteiger partial charge in [-0.3, -0.25) is 0 Å². The summed E-state index contributed by atoms with van der Waals surface area (Å²) >= 11 is 0. The predicted octanol–water partition coefficient (Wildman–Crippen LogP) is 2.70. The molecule has 0 aliphatic heterocycles. The number of aromatic nitrogens is 3. The van der Waals surface area contributed by atoms with Crippen LogP contribution in [0.4, 0.5) is 0 Å². The van der Waals surface area contributed by atoms with E-state index in [1.165, 1.54) is 5.56 Å². The van der Waals surface area contributed by atoms with Crippen LogP contribution in [0.15, 0.2) is 35.4 Å². The fraction of sp³-hybridized carbons (Fsp3) is 0.429. The molecule has 0 saturated carbocycles. The molecule has 0 fully saturated rings. The summed E-state index contributed by atoms with van der Waals surface area (Å²) in [5.74, 6) is 0. The first-order valence-electron chi connectivity index (χ1n) is 6.40. The van der Waals surface area contributed by atoms with E-state index in [0.717, 1.165) is 18.5 Å². The molecule has 96 valence electrons. The fourth-order valence-corrected chi connectivity index (χ4v) is 2.08. The minimum Gasteiger partial charge on any atom is -0.250 e. The zero-order chi connectivity index (χ0) is 13.1. The molecule has 0 N–H and O–H groups in total. The van der Waals surface area contributed by atoms with Crippen molar-refractivity contribution in [1.82, 2.24) is 14.3 Å². The van der Waals surface area contributed by atoms with Crippen LogP contribution in [0.1, 0.15) is 38.3 Å². The van der Waals surface area contributed by atoms with Gasteiger partial charge >= 0.3 is 5.69 Å². The predicted molar refractivity (Wildman–Crippen MR) is 72.2 cm³/mol. The Kier molecular flexibility index (Phi) is 3.65. The molecule has 0 bridgehead atoms. The van der Waals surface area contributed by atoms with Crippen molar-refractivity contribution in [2.24, 2.45) is 0 Å². The third-order valence-corrected chi connectivity index (χ3v) is 3.29. The van der Waals surface area contributed by atoms with Crippen molar-refractivity contribution in [2.75, 3.05) is 0 Å². The smallest absolute Gasteiger partial charge is 0.250 e. The number of nitrogens with zero attached hydrogens (tertiary/aromatic N) is 3. The third kappa shape index (κ3) is 2.23. The highest BCUT2D eigenvalue weighted by Gasteiger charge is 2.13. The molecule has 0 radical (unpaired) electrons. The number of benzene rings is 1. The lowest BCUT2D eigenvalue weighted by Gasteiger charge is -2.10. The van der Waals surface area contributed by atoms with Crippen LogP contribution in [0.25, 0.3) is 5.69 Å². The Morgan fingerprint density at radius 2 is 1.78 bits per heavy atom. The second kappa shape index (κ2) is 5.21. The van der Waals surface area contributed by atoms with Crippen LogP contribution in [-0.4, -0.2) is 14.3 Å². The number of hydrogen-bond donors (Lipinski definition) is 0. The largest absolute Gasteiger partial charge is 0.350 e. The van der Waals surface area contributed by atoms with E-state index in [2.05, 4.69) is 18.9 Å². The van der Waals surface area contributed by atoms with Crippen LogP contribution >= 0.6 is 0 Å². The molecular formula is C14H19N3O. The third-order valence-electron chi connectivity index (χ3n) is 3.29. The molecule has 2 aromatic rings. The Bertz CT molecular complexity index is 561. The number of aryl methyl sites for hydroxylation is 1. The van der Waals surface area contributed by atoms with Gasteiger partial charge in [-0.25, -0.2) is 14.0 Å². The Hall–Kier alpha value is -1.84. The average Bonchev–Trinajstić information content (AvgIpc) is 2.75. The van der Waals surface area contributed by atoms with Gasteiger partial charge in [-0.05, 0) is 31.9 Å². The van der Waals surface area contributed by atoms with Crippen LogP contribution in [0, 0.1) is 6.92 Å². The summed E-state index contributed by atoms with van der Waals surface area (Å²) in [7, 11) is 0. The van der Waals surface area contributed by atoms with Gasteiger partial charge in [-0.1, -0.05) is 31.5 Å². The van der Waals surface area contributed by atoms with Gasteiger partial charge in [0.1, 0.15) is 6.33 Å². The number of hydrogen-bond acceptors (Lipinski definition) is 2. The van der Waals surface area contributed by atoms with Gasteiger partial charge in [-0.2, -0.15) is 5.10 Å². The Morgan fingerprint density at radius 3 is 2.33 bits per heavy atom. The minimum absolute atomic E-state index is 0.0625. The summed E-state index contributed by atoms with van der Waals surface area (Å²) in [5.41, 5.74) is 1.98. The van der Waals surface area contributed by atoms with E-state index in [1.54, 1.807) is 15.6 Å². The molecule has 1 aromatic carbocycles. The molecule has 0 atom stereocenters. The van der Waals surface area contributed by atoms with Gasteiger partial charge in [0, 0.05) is 0 Å². The summed E-state index contributed by atoms with van der Waals surface area (Å²) in [6.07, 6.45) is 3.44. The average molecular weight is 245 g/mol. The van der Waals surface area contributed by atoms with Crippen LogP contribution < -0.4 is 5.69 Å². The fourth-order valence-electron chi connectivity index (χ4n) is 2.08. The van der Waals surface area contributed by atoms with E-state index in [0.29, 0.717) is 0 Å². The SMILES string of the molecule is CCC(CC)n1ncn(-c2ccc(C)cc2)c1=O. The van der Waals surface area contributed by atoms with Crippen LogP contribution in [-0.2, 0) is 0 Å². The maximum absolute atomic E-state index is 12.3. The van der Waals surface area contributed by atoms with Crippen molar-refractivity contribution in [3.63, 3.8) is 0 Å². The lowest BCUT2D eigenvalue weighted by molar-refractivity contribution is 0.414. The first-order valence-corrected chi connectivity index (χ1v) is 6.40. The van der Waals surface area contributed by atoms with E-state index in [-0.39, 0.29) is 11.7 Å². The standard InChI is InChI=1S/C14H19N3O/c1-4-12(5-2)17-14(18)16(10-15-17)13-8-6-11(3)7-9-13/h6-10,12H,4-5H2,1-3H3. The van der Waals surface area contributed by atoms with Crippen molar-refractivity contribution >= 4 is 0 Å². The molecule has 0 unspecified atom stereocenters. The lowest BCUT2D eigenvalue weighted by Crippen LogP contribution is -2.27. The zero-order valence-electron chi connectivity index (χ0n) is 11.1. The molecule has 0 saturated heterocycles. The van der Waals surface area contributed by atoms with E-state index in [9.17, 15) is 4.79 Å². The highest BCUT2D eigenvalue weighted by Crippen LogP contribution is 2.12. The summed E-state index contributed by atoms with van der Waals surface area (Å²) in [5, 5.41) is 4.22. The highest BCUT2D eigenvalue weighted by molar-refractivity contribution is 5.33. The Balaban J connectivity index is 2.42. The van der Waals surface area contributed by atoms with Gasteiger partial charge in [0.05, 0.1) is 11.7 Å². The maximum atomic E-state index is 12.3. The molecule has 0 aliphatic rings. The van der Waals surface area contributed by atoms with Gasteiger partial charge in [0.15, 0.2) is 0 Å². The summed E-state index contributed by atoms with van der Waals surface area (Å²) in [4.78, 5) is 12.3. The second-order valence-corrected chi connectivity index (χ2v) is 4.53. The van der Waals surface area contributed by atoms with Gasteiger partial charge < -0.3 is 0 Å². The summed E-state index contributed by atoms with van der Waals surface area (Å²) in [6, 6.07) is 8.06. The lowest BCUT2D eigenvalue weighted by atomic mass is 10.2. The Morgan fingerprint density at radius 1 is 1.17 bits per heavy atom. The van der Waals surface area contributed by atoms with E-state index < -0.39 is 0 Å². The second-order valence-electron chi connectivity index (χ2n) is 4.53. The topological polar surface area (TPSA) is 39.8 Å². The normalized spacial score (nSPS) is 11.1. The molecular weight excluding hydrogens is 226 g/mol. The van der Waals surface area contributed by atoms with Gasteiger partial charge in [0.2, 0.25) is 0 Å². The Labute approximate surface area is 107 Å². The van der Waals surface area contributed by atoms with Gasteiger partial charge in [-0.15, -0.1) is 0 Å². The van der Waals surface area contributed by atoms with Crippen molar-refractivity contribution in [3.05, 3.63) is 46.6 Å². The van der Waals surface area contributed by atoms with Crippen molar-refractivity contribution in [3.8, 4) is 5.69 Å². The van der Waals surface area contributed by atoms with Crippen molar-refractivity contribution < 1.29 is 0 Å². The molecule has 2 rings (SSSR count). The molecule has 1 aromatic heterocycles. The highest BCUT2D eigenvalue weighted by atomic mass is 16.2. The van der Waals surface area contributed by atoms with Crippen LogP contribution in [0.3, 0.4) is 0 Å². The van der Waals surface area contributed by atoms with E-state index in [1.807, 2.05) is 31.2 Å².